The van der Waals surface area contributed by atoms with E-state index in [-0.39, 0.29) is 22.9 Å². The number of alkyl halides is 1. The molecule has 1 aliphatic rings. The molecule has 0 aromatic carbocycles. The second-order valence-electron chi connectivity index (χ2n) is 4.20. The maximum absolute atomic E-state index is 11.4. The second kappa shape index (κ2) is 4.45. The van der Waals surface area contributed by atoms with Gasteiger partial charge in [0.25, 0.3) is 0 Å². The molecule has 1 aromatic rings. The molecule has 2 heterocycles. The van der Waals surface area contributed by atoms with Crippen molar-refractivity contribution in [2.75, 3.05) is 23.0 Å². The lowest BCUT2D eigenvalue weighted by atomic mass is 10.3. The van der Waals surface area contributed by atoms with E-state index < -0.39 is 9.84 Å². The Hall–Kier alpha value is -0.820. The third-order valence-corrected chi connectivity index (χ3v) is 4.67. The standard InChI is InChI=1S/C9H14ClN3O3S/c1-6-5-17(14,15)4-3-13(6)9-12-11-8(16-9)7(2)10/h6-7H,3-5H2,1-2H3. The first kappa shape index (κ1) is 12.6. The second-order valence-corrected chi connectivity index (χ2v) is 7.08. The van der Waals surface area contributed by atoms with Gasteiger partial charge in [-0.05, 0) is 13.8 Å². The van der Waals surface area contributed by atoms with Crippen LogP contribution in [0.15, 0.2) is 4.42 Å². The quantitative estimate of drug-likeness (QED) is 0.752. The zero-order chi connectivity index (χ0) is 12.6. The lowest BCUT2D eigenvalue weighted by molar-refractivity contribution is 0.468. The summed E-state index contributed by atoms with van der Waals surface area (Å²) in [6.07, 6.45) is 0. The lowest BCUT2D eigenvalue weighted by Crippen LogP contribution is -2.47. The van der Waals surface area contributed by atoms with Crippen LogP contribution < -0.4 is 4.90 Å². The molecule has 0 spiro atoms. The van der Waals surface area contributed by atoms with Crippen LogP contribution in [0.25, 0.3) is 0 Å². The van der Waals surface area contributed by atoms with Crippen molar-refractivity contribution in [2.45, 2.75) is 25.3 Å². The van der Waals surface area contributed by atoms with Crippen LogP contribution in [0.3, 0.4) is 0 Å². The van der Waals surface area contributed by atoms with Crippen molar-refractivity contribution in [1.29, 1.82) is 0 Å². The van der Waals surface area contributed by atoms with Crippen LogP contribution >= 0.6 is 11.6 Å². The van der Waals surface area contributed by atoms with Gasteiger partial charge in [-0.15, -0.1) is 16.7 Å². The highest BCUT2D eigenvalue weighted by Gasteiger charge is 2.31. The fourth-order valence-electron chi connectivity index (χ4n) is 1.79. The Kier molecular flexibility index (Phi) is 3.31. The fraction of sp³-hybridized carbons (Fsp3) is 0.778. The Bertz CT molecular complexity index is 499. The summed E-state index contributed by atoms with van der Waals surface area (Å²) in [5, 5.41) is 7.36. The monoisotopic (exact) mass is 279 g/mol. The summed E-state index contributed by atoms with van der Waals surface area (Å²) >= 11 is 5.83. The molecular formula is C9H14ClN3O3S. The Balaban J connectivity index is 2.17. The SMILES string of the molecule is CC(Cl)c1nnc(N2CCS(=O)(=O)CC2C)o1. The van der Waals surface area contributed by atoms with Crippen molar-refractivity contribution in [3.05, 3.63) is 5.89 Å². The number of rotatable bonds is 2. The molecule has 0 bridgehead atoms. The van der Waals surface area contributed by atoms with Crippen LogP contribution in [0, 0.1) is 0 Å². The first-order chi connectivity index (χ1) is 7.89. The van der Waals surface area contributed by atoms with Crippen LogP contribution in [-0.4, -0.2) is 42.7 Å². The topological polar surface area (TPSA) is 76.3 Å². The van der Waals surface area contributed by atoms with Crippen LogP contribution in [0.2, 0.25) is 0 Å². The Morgan fingerprint density at radius 1 is 1.53 bits per heavy atom. The summed E-state index contributed by atoms with van der Waals surface area (Å²) in [4.78, 5) is 1.80. The van der Waals surface area contributed by atoms with Crippen molar-refractivity contribution in [2.24, 2.45) is 0 Å². The third kappa shape index (κ3) is 2.71. The molecule has 1 fully saturated rings. The molecule has 6 nitrogen and oxygen atoms in total. The largest absolute Gasteiger partial charge is 0.406 e. The van der Waals surface area contributed by atoms with E-state index in [0.717, 1.165) is 0 Å². The predicted molar refractivity (Wildman–Crippen MR) is 64.0 cm³/mol. The van der Waals surface area contributed by atoms with Gasteiger partial charge in [-0.2, -0.15) is 0 Å². The van der Waals surface area contributed by atoms with E-state index in [1.807, 2.05) is 6.92 Å². The molecule has 1 saturated heterocycles. The van der Waals surface area contributed by atoms with Crippen molar-refractivity contribution in [3.63, 3.8) is 0 Å². The molecule has 1 aromatic heterocycles. The number of sulfone groups is 1. The molecule has 96 valence electrons. The number of nitrogens with zero attached hydrogens (tertiary/aromatic N) is 3. The smallest absolute Gasteiger partial charge is 0.318 e. The van der Waals surface area contributed by atoms with E-state index in [4.69, 9.17) is 16.0 Å². The van der Waals surface area contributed by atoms with E-state index in [9.17, 15) is 8.42 Å². The molecule has 2 unspecified atom stereocenters. The molecule has 0 aliphatic carbocycles. The molecule has 1 aliphatic heterocycles. The van der Waals surface area contributed by atoms with Gasteiger partial charge in [0.1, 0.15) is 5.38 Å². The van der Waals surface area contributed by atoms with Gasteiger partial charge in [-0.1, -0.05) is 5.10 Å². The van der Waals surface area contributed by atoms with E-state index in [2.05, 4.69) is 10.2 Å². The first-order valence-electron chi connectivity index (χ1n) is 5.33. The van der Waals surface area contributed by atoms with Crippen molar-refractivity contribution in [1.82, 2.24) is 10.2 Å². The van der Waals surface area contributed by atoms with Crippen LogP contribution in [0.4, 0.5) is 6.01 Å². The molecule has 0 saturated carbocycles. The number of aromatic nitrogens is 2. The summed E-state index contributed by atoms with van der Waals surface area (Å²) in [7, 11) is -2.94. The summed E-state index contributed by atoms with van der Waals surface area (Å²) in [6, 6.07) is 0.183. The summed E-state index contributed by atoms with van der Waals surface area (Å²) in [5.74, 6) is 0.578. The molecule has 17 heavy (non-hydrogen) atoms. The van der Waals surface area contributed by atoms with Gasteiger partial charge in [0.05, 0.1) is 11.5 Å². The first-order valence-corrected chi connectivity index (χ1v) is 7.59. The number of halogens is 1. The molecular weight excluding hydrogens is 266 g/mol. The highest BCUT2D eigenvalue weighted by molar-refractivity contribution is 7.91. The highest BCUT2D eigenvalue weighted by Crippen LogP contribution is 2.24. The summed E-state index contributed by atoms with van der Waals surface area (Å²) in [5.41, 5.74) is 0. The third-order valence-electron chi connectivity index (χ3n) is 2.69. The summed E-state index contributed by atoms with van der Waals surface area (Å²) in [6.45, 7) is 3.94. The highest BCUT2D eigenvalue weighted by atomic mass is 35.5. The fourth-order valence-corrected chi connectivity index (χ4v) is 3.43. The number of hydrogen-bond acceptors (Lipinski definition) is 6. The van der Waals surface area contributed by atoms with Crippen molar-refractivity contribution >= 4 is 27.5 Å². The van der Waals surface area contributed by atoms with Crippen molar-refractivity contribution in [3.8, 4) is 0 Å². The maximum Gasteiger partial charge on any atom is 0.318 e. The van der Waals surface area contributed by atoms with E-state index in [1.165, 1.54) is 0 Å². The number of hydrogen-bond donors (Lipinski definition) is 0. The molecule has 0 N–H and O–H groups in total. The lowest BCUT2D eigenvalue weighted by Gasteiger charge is -2.31. The van der Waals surface area contributed by atoms with Gasteiger partial charge in [-0.25, -0.2) is 8.42 Å². The summed E-state index contributed by atoms with van der Waals surface area (Å²) < 4.78 is 28.3. The minimum absolute atomic E-state index is 0.112. The van der Waals surface area contributed by atoms with Gasteiger partial charge < -0.3 is 9.32 Å². The van der Waals surface area contributed by atoms with Crippen LogP contribution in [-0.2, 0) is 9.84 Å². The van der Waals surface area contributed by atoms with Gasteiger partial charge in [0.2, 0.25) is 5.89 Å². The average Bonchev–Trinajstić information content (AvgIpc) is 2.65. The minimum Gasteiger partial charge on any atom is -0.406 e. The van der Waals surface area contributed by atoms with Gasteiger partial charge in [0.15, 0.2) is 9.84 Å². The maximum atomic E-state index is 11.4. The molecule has 8 heteroatoms. The van der Waals surface area contributed by atoms with Crippen LogP contribution in [0.5, 0.6) is 0 Å². The van der Waals surface area contributed by atoms with Gasteiger partial charge in [-0.3, -0.25) is 0 Å². The van der Waals surface area contributed by atoms with Gasteiger partial charge >= 0.3 is 6.01 Å². The Labute approximate surface area is 105 Å². The molecule has 2 atom stereocenters. The Morgan fingerprint density at radius 3 is 2.76 bits per heavy atom. The average molecular weight is 280 g/mol. The van der Waals surface area contributed by atoms with Gasteiger partial charge in [0, 0.05) is 12.6 Å². The Morgan fingerprint density at radius 2 is 2.24 bits per heavy atom. The van der Waals surface area contributed by atoms with E-state index >= 15 is 0 Å². The number of anilines is 1. The minimum atomic E-state index is -2.94. The normalized spacial score (nSPS) is 25.8. The van der Waals surface area contributed by atoms with E-state index in [1.54, 1.807) is 11.8 Å². The van der Waals surface area contributed by atoms with Crippen LogP contribution in [0.1, 0.15) is 25.1 Å². The zero-order valence-electron chi connectivity index (χ0n) is 9.63. The predicted octanol–water partition coefficient (Wildman–Crippen LogP) is 0.993. The molecule has 2 rings (SSSR count). The van der Waals surface area contributed by atoms with E-state index in [0.29, 0.717) is 18.5 Å². The molecule has 0 amide bonds. The molecule has 0 radical (unpaired) electrons. The zero-order valence-corrected chi connectivity index (χ0v) is 11.2. The van der Waals surface area contributed by atoms with Crippen molar-refractivity contribution < 1.29 is 12.8 Å².